The molecule has 2 heteroatoms. The highest BCUT2D eigenvalue weighted by Crippen LogP contribution is 2.44. The molecule has 1 aliphatic heterocycles. The van der Waals surface area contributed by atoms with Gasteiger partial charge in [-0.15, -0.1) is 0 Å². The number of fused-ring (bicyclic) bond motifs is 1. The van der Waals surface area contributed by atoms with Crippen LogP contribution in [0.2, 0.25) is 0 Å². The molecule has 1 saturated carbocycles. The molecule has 2 aliphatic carbocycles. The van der Waals surface area contributed by atoms with Crippen LogP contribution >= 0.6 is 0 Å². The van der Waals surface area contributed by atoms with E-state index in [9.17, 15) is 4.79 Å². The largest absolute Gasteiger partial charge is 0.372 e. The van der Waals surface area contributed by atoms with Crippen molar-refractivity contribution in [2.45, 2.75) is 69.5 Å². The maximum atomic E-state index is 12.5. The zero-order valence-electron chi connectivity index (χ0n) is 12.6. The molecule has 1 heterocycles. The van der Waals surface area contributed by atoms with Gasteiger partial charge in [0.15, 0.2) is 5.78 Å². The van der Waals surface area contributed by atoms with Crippen LogP contribution in [0, 0.1) is 5.92 Å². The Hall–Kier alpha value is -1.15. The molecule has 0 aromatic heterocycles. The number of ketones is 1. The smallest absolute Gasteiger partial charge is 0.166 e. The van der Waals surface area contributed by atoms with Gasteiger partial charge >= 0.3 is 0 Å². The molecule has 3 aliphatic rings. The molecule has 1 aromatic rings. The first-order valence-electron chi connectivity index (χ1n) is 8.56. The summed E-state index contributed by atoms with van der Waals surface area (Å²) in [5.74, 6) is 0.505. The second-order valence-corrected chi connectivity index (χ2v) is 7.18. The summed E-state index contributed by atoms with van der Waals surface area (Å²) >= 11 is 0. The van der Waals surface area contributed by atoms with Crippen LogP contribution in [0.4, 0.5) is 0 Å². The van der Waals surface area contributed by atoms with Crippen molar-refractivity contribution < 1.29 is 9.53 Å². The van der Waals surface area contributed by atoms with Gasteiger partial charge in [0.05, 0.1) is 11.7 Å². The second-order valence-electron chi connectivity index (χ2n) is 7.18. The van der Waals surface area contributed by atoms with Gasteiger partial charge in [-0.25, -0.2) is 0 Å². The van der Waals surface area contributed by atoms with E-state index < -0.39 is 0 Å². The topological polar surface area (TPSA) is 26.3 Å². The number of ether oxygens (including phenoxy) is 1. The van der Waals surface area contributed by atoms with Crippen LogP contribution in [0.5, 0.6) is 0 Å². The van der Waals surface area contributed by atoms with Crippen molar-refractivity contribution in [1.82, 2.24) is 0 Å². The minimum atomic E-state index is 0.158. The third kappa shape index (κ3) is 2.44. The summed E-state index contributed by atoms with van der Waals surface area (Å²) in [7, 11) is 0. The highest BCUT2D eigenvalue weighted by molar-refractivity contribution is 6.02. The number of hydrogen-bond acceptors (Lipinski definition) is 2. The number of benzene rings is 1. The molecule has 2 fully saturated rings. The number of carbonyl (C=O) groups is 1. The van der Waals surface area contributed by atoms with Crippen LogP contribution in [0.25, 0.3) is 0 Å². The normalized spacial score (nSPS) is 30.8. The van der Waals surface area contributed by atoms with E-state index in [1.807, 2.05) is 18.2 Å². The maximum absolute atomic E-state index is 12.5. The second kappa shape index (κ2) is 5.24. The van der Waals surface area contributed by atoms with Gasteiger partial charge in [0.2, 0.25) is 0 Å². The third-order valence-electron chi connectivity index (χ3n) is 5.77. The Morgan fingerprint density at radius 3 is 2.71 bits per heavy atom. The van der Waals surface area contributed by atoms with Crippen molar-refractivity contribution in [3.63, 3.8) is 0 Å². The summed E-state index contributed by atoms with van der Waals surface area (Å²) in [5.41, 5.74) is 2.36. The Morgan fingerprint density at radius 1 is 1.10 bits per heavy atom. The summed E-state index contributed by atoms with van der Waals surface area (Å²) in [4.78, 5) is 12.5. The highest BCUT2D eigenvalue weighted by atomic mass is 16.5. The fraction of sp³-hybridized carbons (Fsp3) is 0.632. The fourth-order valence-corrected chi connectivity index (χ4v) is 4.65. The van der Waals surface area contributed by atoms with E-state index >= 15 is 0 Å². The molecule has 0 bridgehead atoms. The van der Waals surface area contributed by atoms with Gasteiger partial charge in [-0.1, -0.05) is 43.5 Å². The monoisotopic (exact) mass is 284 g/mol. The Morgan fingerprint density at radius 2 is 1.90 bits per heavy atom. The lowest BCUT2D eigenvalue weighted by Gasteiger charge is -2.33. The molecule has 1 saturated heterocycles. The molecule has 0 N–H and O–H groups in total. The average Bonchev–Trinajstić information content (AvgIpc) is 3.03. The van der Waals surface area contributed by atoms with Crippen molar-refractivity contribution in [2.24, 2.45) is 5.92 Å². The van der Waals surface area contributed by atoms with E-state index in [4.69, 9.17) is 4.74 Å². The van der Waals surface area contributed by atoms with E-state index in [0.29, 0.717) is 11.9 Å². The molecule has 0 amide bonds. The molecular weight excluding hydrogens is 260 g/mol. The van der Waals surface area contributed by atoms with E-state index in [1.165, 1.54) is 44.1 Å². The summed E-state index contributed by atoms with van der Waals surface area (Å²) in [5, 5.41) is 0. The van der Waals surface area contributed by atoms with Crippen molar-refractivity contribution in [3.05, 3.63) is 35.4 Å². The standard InChI is InChI=1S/C19H24O2/c20-18-15(12-14-6-2-3-7-17(14)18)13-16-8-11-19(21-16)9-4-1-5-10-19/h2-3,6-7,15-16H,1,4-5,8-13H2. The van der Waals surface area contributed by atoms with Crippen molar-refractivity contribution >= 4 is 5.78 Å². The van der Waals surface area contributed by atoms with Crippen molar-refractivity contribution in [2.75, 3.05) is 0 Å². The van der Waals surface area contributed by atoms with Crippen LogP contribution in [0.3, 0.4) is 0 Å². The van der Waals surface area contributed by atoms with Gasteiger partial charge in [-0.05, 0) is 44.1 Å². The first kappa shape index (κ1) is 13.5. The van der Waals surface area contributed by atoms with E-state index in [2.05, 4.69) is 6.07 Å². The van der Waals surface area contributed by atoms with Crippen molar-refractivity contribution in [3.8, 4) is 0 Å². The fourth-order valence-electron chi connectivity index (χ4n) is 4.65. The summed E-state index contributed by atoms with van der Waals surface area (Å²) in [6, 6.07) is 8.10. The molecule has 2 unspecified atom stereocenters. The Bertz CT molecular complexity index is 542. The lowest BCUT2D eigenvalue weighted by atomic mass is 9.83. The van der Waals surface area contributed by atoms with Gasteiger partial charge in [0.1, 0.15) is 0 Å². The lowest BCUT2D eigenvalue weighted by Crippen LogP contribution is -2.32. The number of Topliss-reactive ketones (excluding diaryl/α,β-unsaturated/α-hetero) is 1. The Kier molecular flexibility index (Phi) is 3.37. The SMILES string of the molecule is O=C1c2ccccc2CC1CC1CCC2(CCCCC2)O1. The summed E-state index contributed by atoms with van der Waals surface area (Å²) in [6.45, 7) is 0. The van der Waals surface area contributed by atoms with Gasteiger partial charge in [-0.3, -0.25) is 4.79 Å². The predicted octanol–water partition coefficient (Wildman–Crippen LogP) is 4.31. The number of carbonyl (C=O) groups excluding carboxylic acids is 1. The van der Waals surface area contributed by atoms with Gasteiger partial charge < -0.3 is 4.74 Å². The molecule has 1 aromatic carbocycles. The zero-order chi connectivity index (χ0) is 14.3. The molecule has 0 radical (unpaired) electrons. The first-order chi connectivity index (χ1) is 10.3. The van der Waals surface area contributed by atoms with Gasteiger partial charge in [0, 0.05) is 11.5 Å². The quantitative estimate of drug-likeness (QED) is 0.808. The van der Waals surface area contributed by atoms with Crippen LogP contribution in [0.1, 0.15) is 67.3 Å². The highest BCUT2D eigenvalue weighted by Gasteiger charge is 2.42. The number of hydrogen-bond donors (Lipinski definition) is 0. The lowest BCUT2D eigenvalue weighted by molar-refractivity contribution is -0.0685. The van der Waals surface area contributed by atoms with Gasteiger partial charge in [0.25, 0.3) is 0 Å². The van der Waals surface area contributed by atoms with E-state index in [-0.39, 0.29) is 11.5 Å². The van der Waals surface area contributed by atoms with E-state index in [1.54, 1.807) is 0 Å². The van der Waals surface area contributed by atoms with Gasteiger partial charge in [-0.2, -0.15) is 0 Å². The molecule has 21 heavy (non-hydrogen) atoms. The summed E-state index contributed by atoms with van der Waals surface area (Å²) < 4.78 is 6.45. The Balaban J connectivity index is 1.41. The van der Waals surface area contributed by atoms with Crippen LogP contribution in [-0.2, 0) is 11.2 Å². The summed E-state index contributed by atoms with van der Waals surface area (Å²) in [6.07, 6.45) is 11.0. The molecule has 4 rings (SSSR count). The zero-order valence-corrected chi connectivity index (χ0v) is 12.6. The number of rotatable bonds is 2. The van der Waals surface area contributed by atoms with Crippen molar-refractivity contribution in [1.29, 1.82) is 0 Å². The molecule has 112 valence electrons. The van der Waals surface area contributed by atoms with Crippen LogP contribution in [0.15, 0.2) is 24.3 Å². The van der Waals surface area contributed by atoms with E-state index in [0.717, 1.165) is 24.8 Å². The third-order valence-corrected chi connectivity index (χ3v) is 5.77. The van der Waals surface area contributed by atoms with Crippen LogP contribution < -0.4 is 0 Å². The maximum Gasteiger partial charge on any atom is 0.166 e. The molecule has 2 nitrogen and oxygen atoms in total. The molecular formula is C19H24O2. The predicted molar refractivity (Wildman–Crippen MR) is 82.5 cm³/mol. The average molecular weight is 284 g/mol. The first-order valence-corrected chi connectivity index (χ1v) is 8.56. The minimum Gasteiger partial charge on any atom is -0.372 e. The van der Waals surface area contributed by atoms with Crippen LogP contribution in [-0.4, -0.2) is 17.5 Å². The molecule has 2 atom stereocenters. The minimum absolute atomic E-state index is 0.158. The molecule has 1 spiro atoms. The Labute approximate surface area is 126 Å².